The molecular formula is C44H25NS. The SMILES string of the molecule is c1cc2ccc3ccc(N(c4ccc5ccc6cccc7ccc4c5c67)c4cccc5sc6ccccc6c45)c4ccc(c1)c2c34. The average molecular weight is 600 g/mol. The third-order valence-electron chi connectivity index (χ3n) is 10.1. The Labute approximate surface area is 268 Å². The maximum atomic E-state index is 2.55. The molecule has 0 radical (unpaired) electrons. The van der Waals surface area contributed by atoms with E-state index in [0.29, 0.717) is 0 Å². The van der Waals surface area contributed by atoms with Crippen LogP contribution >= 0.6 is 11.3 Å². The van der Waals surface area contributed by atoms with Crippen LogP contribution in [0, 0.1) is 0 Å². The minimum atomic E-state index is 1.20. The zero-order valence-corrected chi connectivity index (χ0v) is 25.6. The number of nitrogens with zero attached hydrogens (tertiary/aromatic N) is 1. The van der Waals surface area contributed by atoms with Crippen LogP contribution < -0.4 is 4.90 Å². The molecule has 0 aliphatic carbocycles. The van der Waals surface area contributed by atoms with Crippen molar-refractivity contribution in [3.63, 3.8) is 0 Å². The van der Waals surface area contributed by atoms with Crippen LogP contribution in [0.25, 0.3) is 84.8 Å². The maximum Gasteiger partial charge on any atom is 0.0555 e. The molecule has 46 heavy (non-hydrogen) atoms. The quantitative estimate of drug-likeness (QED) is 0.183. The van der Waals surface area contributed by atoms with E-state index >= 15 is 0 Å². The van der Waals surface area contributed by atoms with E-state index in [1.54, 1.807) is 0 Å². The number of thiophene rings is 1. The molecule has 1 aromatic heterocycles. The minimum Gasteiger partial charge on any atom is -0.309 e. The van der Waals surface area contributed by atoms with Gasteiger partial charge in [0.2, 0.25) is 0 Å². The molecule has 0 spiro atoms. The molecule has 11 rings (SSSR count). The van der Waals surface area contributed by atoms with Gasteiger partial charge in [0.05, 0.1) is 17.1 Å². The van der Waals surface area contributed by atoms with Crippen LogP contribution in [-0.2, 0) is 0 Å². The third-order valence-corrected chi connectivity index (χ3v) is 11.3. The first-order valence-electron chi connectivity index (χ1n) is 15.9. The van der Waals surface area contributed by atoms with E-state index in [-0.39, 0.29) is 0 Å². The monoisotopic (exact) mass is 599 g/mol. The lowest BCUT2D eigenvalue weighted by atomic mass is 9.91. The number of hydrogen-bond acceptors (Lipinski definition) is 2. The fraction of sp³-hybridized carbons (Fsp3) is 0. The molecule has 1 heterocycles. The highest BCUT2D eigenvalue weighted by Crippen LogP contribution is 2.50. The summed E-state index contributed by atoms with van der Waals surface area (Å²) < 4.78 is 2.62. The largest absolute Gasteiger partial charge is 0.309 e. The fourth-order valence-electron chi connectivity index (χ4n) is 8.16. The van der Waals surface area contributed by atoms with E-state index in [0.717, 1.165) is 0 Å². The molecule has 0 aliphatic heterocycles. The third kappa shape index (κ3) is 3.19. The van der Waals surface area contributed by atoms with Crippen LogP contribution in [0.5, 0.6) is 0 Å². The van der Waals surface area contributed by atoms with Crippen molar-refractivity contribution in [3.8, 4) is 0 Å². The minimum absolute atomic E-state index is 1.20. The predicted molar refractivity (Wildman–Crippen MR) is 201 cm³/mol. The molecule has 0 aliphatic rings. The van der Waals surface area contributed by atoms with Crippen LogP contribution in [-0.4, -0.2) is 0 Å². The Morgan fingerprint density at radius 1 is 0.283 bits per heavy atom. The molecule has 10 aromatic carbocycles. The van der Waals surface area contributed by atoms with E-state index < -0.39 is 0 Å². The Hall–Kier alpha value is -5.70. The normalized spacial score (nSPS) is 12.3. The Bertz CT molecular complexity index is 2810. The van der Waals surface area contributed by atoms with Crippen LogP contribution in [0.2, 0.25) is 0 Å². The standard InChI is InChI=1S/C44H25NS/c1-2-12-38-34(10-1)44-37(11-5-13-39(44)46-38)45(35-24-20-30-16-14-26-6-3-8-28-18-22-32(35)42(30)40(26)28)36-25-21-31-17-15-27-7-4-9-29-19-23-33(36)43(31)41(27)29/h1-25H. The molecule has 11 aromatic rings. The van der Waals surface area contributed by atoms with E-state index in [9.17, 15) is 0 Å². The Morgan fingerprint density at radius 2 is 0.739 bits per heavy atom. The molecule has 0 fully saturated rings. The van der Waals surface area contributed by atoms with Gasteiger partial charge in [-0.1, -0.05) is 121 Å². The Kier molecular flexibility index (Phi) is 4.78. The van der Waals surface area contributed by atoms with Gasteiger partial charge in [-0.15, -0.1) is 11.3 Å². The fourth-order valence-corrected chi connectivity index (χ4v) is 9.29. The molecule has 0 saturated carbocycles. The second kappa shape index (κ2) is 8.94. The second-order valence-corrected chi connectivity index (χ2v) is 13.5. The smallest absolute Gasteiger partial charge is 0.0555 e. The van der Waals surface area contributed by atoms with Gasteiger partial charge in [-0.2, -0.15) is 0 Å². The highest BCUT2D eigenvalue weighted by molar-refractivity contribution is 7.26. The molecule has 0 atom stereocenters. The van der Waals surface area contributed by atoms with Crippen molar-refractivity contribution in [2.75, 3.05) is 4.90 Å². The lowest BCUT2D eigenvalue weighted by molar-refractivity contribution is 1.34. The summed E-state index contributed by atoms with van der Waals surface area (Å²) in [5.41, 5.74) is 3.60. The topological polar surface area (TPSA) is 3.24 Å². The van der Waals surface area contributed by atoms with Crippen molar-refractivity contribution in [1.82, 2.24) is 0 Å². The van der Waals surface area contributed by atoms with E-state index in [2.05, 4.69) is 157 Å². The summed E-state index contributed by atoms with van der Waals surface area (Å²) in [5, 5.41) is 18.2. The van der Waals surface area contributed by atoms with Gasteiger partial charge in [-0.25, -0.2) is 0 Å². The first-order valence-corrected chi connectivity index (χ1v) is 16.7. The lowest BCUT2D eigenvalue weighted by Gasteiger charge is -2.30. The number of hydrogen-bond donors (Lipinski definition) is 0. The zero-order valence-electron chi connectivity index (χ0n) is 24.8. The second-order valence-electron chi connectivity index (χ2n) is 12.5. The van der Waals surface area contributed by atoms with Gasteiger partial charge in [0.1, 0.15) is 0 Å². The number of anilines is 3. The lowest BCUT2D eigenvalue weighted by Crippen LogP contribution is -2.12. The van der Waals surface area contributed by atoms with Gasteiger partial charge in [-0.3, -0.25) is 0 Å². The average Bonchev–Trinajstić information content (AvgIpc) is 3.50. The summed E-state index contributed by atoms with van der Waals surface area (Å²) in [7, 11) is 0. The molecule has 212 valence electrons. The van der Waals surface area contributed by atoms with Gasteiger partial charge in [-0.05, 0) is 84.2 Å². The van der Waals surface area contributed by atoms with E-state index in [1.807, 2.05) is 11.3 Å². The van der Waals surface area contributed by atoms with Crippen molar-refractivity contribution < 1.29 is 0 Å². The number of benzene rings is 10. The summed E-state index contributed by atoms with van der Waals surface area (Å²) in [6.07, 6.45) is 0. The molecule has 0 amide bonds. The zero-order chi connectivity index (χ0) is 29.9. The number of rotatable bonds is 3. The van der Waals surface area contributed by atoms with Crippen LogP contribution in [0.1, 0.15) is 0 Å². The van der Waals surface area contributed by atoms with E-state index in [4.69, 9.17) is 0 Å². The highest BCUT2D eigenvalue weighted by Gasteiger charge is 2.24. The first-order chi connectivity index (χ1) is 22.8. The van der Waals surface area contributed by atoms with Crippen molar-refractivity contribution in [1.29, 1.82) is 0 Å². The van der Waals surface area contributed by atoms with Crippen LogP contribution in [0.15, 0.2) is 152 Å². The summed E-state index contributed by atoms with van der Waals surface area (Å²) in [5.74, 6) is 0. The molecular weight excluding hydrogens is 575 g/mol. The Morgan fingerprint density at radius 3 is 1.33 bits per heavy atom. The summed E-state index contributed by atoms with van der Waals surface area (Å²) in [6, 6.07) is 56.7. The van der Waals surface area contributed by atoms with Gasteiger partial charge in [0.15, 0.2) is 0 Å². The molecule has 0 N–H and O–H groups in total. The van der Waals surface area contributed by atoms with Crippen LogP contribution in [0.3, 0.4) is 0 Å². The highest BCUT2D eigenvalue weighted by atomic mass is 32.1. The predicted octanol–water partition coefficient (Wildman–Crippen LogP) is 13.3. The van der Waals surface area contributed by atoms with Crippen molar-refractivity contribution >= 4 is 113 Å². The molecule has 0 saturated heterocycles. The van der Waals surface area contributed by atoms with Gasteiger partial charge in [0, 0.05) is 30.9 Å². The van der Waals surface area contributed by atoms with Crippen LogP contribution in [0.4, 0.5) is 17.1 Å². The Balaban J connectivity index is 1.33. The maximum absolute atomic E-state index is 2.55. The van der Waals surface area contributed by atoms with Gasteiger partial charge < -0.3 is 4.90 Å². The van der Waals surface area contributed by atoms with Crippen molar-refractivity contribution in [2.24, 2.45) is 0 Å². The van der Waals surface area contributed by atoms with Gasteiger partial charge in [0.25, 0.3) is 0 Å². The molecule has 1 nitrogen and oxygen atoms in total. The summed E-state index contributed by atoms with van der Waals surface area (Å²) in [4.78, 5) is 2.55. The molecule has 0 unspecified atom stereocenters. The number of fused-ring (bicyclic) bond motifs is 3. The van der Waals surface area contributed by atoms with Crippen molar-refractivity contribution in [3.05, 3.63) is 152 Å². The van der Waals surface area contributed by atoms with E-state index in [1.165, 1.54) is 102 Å². The summed E-state index contributed by atoms with van der Waals surface area (Å²) in [6.45, 7) is 0. The first kappa shape index (κ1) is 24.6. The molecule has 2 heteroatoms. The summed E-state index contributed by atoms with van der Waals surface area (Å²) >= 11 is 1.88. The van der Waals surface area contributed by atoms with Crippen molar-refractivity contribution in [2.45, 2.75) is 0 Å². The molecule has 0 bridgehead atoms. The van der Waals surface area contributed by atoms with Gasteiger partial charge >= 0.3 is 0 Å².